The quantitative estimate of drug-likeness (QED) is 0.538. The average Bonchev–Trinajstić information content (AvgIpc) is 3.07. The number of nitrogens with zero attached hydrogens (tertiary/aromatic N) is 3. The lowest BCUT2D eigenvalue weighted by molar-refractivity contribution is 0.0679. The Balaban J connectivity index is 1.68. The van der Waals surface area contributed by atoms with Gasteiger partial charge in [-0.2, -0.15) is 0 Å². The van der Waals surface area contributed by atoms with Crippen molar-refractivity contribution in [1.82, 2.24) is 14.5 Å². The second-order valence-electron chi connectivity index (χ2n) is 6.73. The molecule has 2 aromatic heterocycles. The van der Waals surface area contributed by atoms with Crippen LogP contribution in [-0.2, 0) is 11.3 Å². The predicted octanol–water partition coefficient (Wildman–Crippen LogP) is 4.53. The first-order valence-corrected chi connectivity index (χ1v) is 8.86. The van der Waals surface area contributed by atoms with Gasteiger partial charge in [-0.15, -0.1) is 0 Å². The molecule has 4 aromatic rings. The molecule has 0 fully saturated rings. The lowest BCUT2D eigenvalue weighted by Crippen LogP contribution is -2.24. The van der Waals surface area contributed by atoms with E-state index in [9.17, 15) is 0 Å². The maximum absolute atomic E-state index is 5.83. The van der Waals surface area contributed by atoms with Gasteiger partial charge in [0.2, 0.25) is 0 Å². The molecule has 1 aliphatic rings. The average molecular weight is 341 g/mol. The number of aryl methyl sites for hydroxylation is 1. The highest BCUT2D eigenvalue weighted by Crippen LogP contribution is 2.32. The summed E-state index contributed by atoms with van der Waals surface area (Å²) >= 11 is 0. The third-order valence-corrected chi connectivity index (χ3v) is 5.01. The van der Waals surface area contributed by atoms with Crippen LogP contribution in [0.15, 0.2) is 66.9 Å². The van der Waals surface area contributed by atoms with E-state index in [0.29, 0.717) is 13.2 Å². The molecule has 1 aliphatic heterocycles. The van der Waals surface area contributed by atoms with Crippen molar-refractivity contribution in [3.8, 4) is 11.1 Å². The number of benzene rings is 2. The molecule has 2 aromatic carbocycles. The third kappa shape index (κ3) is 2.50. The van der Waals surface area contributed by atoms with Gasteiger partial charge in [0.15, 0.2) is 0 Å². The van der Waals surface area contributed by atoms with E-state index in [1.807, 2.05) is 25.3 Å². The molecule has 1 unspecified atom stereocenters. The van der Waals surface area contributed by atoms with Gasteiger partial charge in [0.25, 0.3) is 0 Å². The Bertz CT molecular complexity index is 1070. The zero-order chi connectivity index (χ0) is 17.5. The molecule has 4 heteroatoms. The van der Waals surface area contributed by atoms with Crippen molar-refractivity contribution in [2.45, 2.75) is 19.6 Å². The van der Waals surface area contributed by atoms with Crippen LogP contribution in [0.25, 0.3) is 22.2 Å². The Morgan fingerprint density at radius 2 is 1.85 bits per heavy atom. The second-order valence-corrected chi connectivity index (χ2v) is 6.73. The molecule has 0 amide bonds. The fraction of sp³-hybridized carbons (Fsp3) is 0.182. The Kier molecular flexibility index (Phi) is 3.57. The Hall–Kier alpha value is -2.98. The summed E-state index contributed by atoms with van der Waals surface area (Å²) in [5.41, 5.74) is 6.71. The van der Waals surface area contributed by atoms with Gasteiger partial charge >= 0.3 is 0 Å². The molecule has 0 bridgehead atoms. The second kappa shape index (κ2) is 6.07. The van der Waals surface area contributed by atoms with Crippen LogP contribution in [0.3, 0.4) is 0 Å². The fourth-order valence-electron chi connectivity index (χ4n) is 3.67. The maximum Gasteiger partial charge on any atom is 0.136 e. The van der Waals surface area contributed by atoms with Crippen molar-refractivity contribution < 1.29 is 4.74 Å². The molecule has 0 aliphatic carbocycles. The van der Waals surface area contributed by atoms with Crippen LogP contribution in [0.4, 0.5) is 0 Å². The first-order valence-electron chi connectivity index (χ1n) is 8.86. The van der Waals surface area contributed by atoms with Crippen LogP contribution in [0, 0.1) is 6.92 Å². The molecule has 5 rings (SSSR count). The number of ether oxygens (including phenoxy) is 1. The van der Waals surface area contributed by atoms with Gasteiger partial charge in [-0.05, 0) is 36.2 Å². The monoisotopic (exact) mass is 341 g/mol. The zero-order valence-corrected chi connectivity index (χ0v) is 14.6. The van der Waals surface area contributed by atoms with E-state index in [-0.39, 0.29) is 6.04 Å². The van der Waals surface area contributed by atoms with Crippen LogP contribution in [0.2, 0.25) is 0 Å². The number of pyridine rings is 1. The minimum absolute atomic E-state index is 0.149. The van der Waals surface area contributed by atoms with Gasteiger partial charge in [0, 0.05) is 17.5 Å². The minimum Gasteiger partial charge on any atom is -0.371 e. The van der Waals surface area contributed by atoms with Gasteiger partial charge < -0.3 is 9.30 Å². The van der Waals surface area contributed by atoms with Crippen molar-refractivity contribution in [3.05, 3.63) is 83.9 Å². The SMILES string of the molecule is Cc1ccc(-c2ccc3nc4n(c3c2)C(c2ccccc2)COC4)cn1. The fourth-order valence-corrected chi connectivity index (χ4v) is 3.67. The van der Waals surface area contributed by atoms with Crippen molar-refractivity contribution in [1.29, 1.82) is 0 Å². The lowest BCUT2D eigenvalue weighted by Gasteiger charge is -2.26. The van der Waals surface area contributed by atoms with Crippen LogP contribution < -0.4 is 0 Å². The maximum atomic E-state index is 5.83. The van der Waals surface area contributed by atoms with Crippen molar-refractivity contribution in [3.63, 3.8) is 0 Å². The van der Waals surface area contributed by atoms with E-state index in [1.54, 1.807) is 0 Å². The normalized spacial score (nSPS) is 16.6. The van der Waals surface area contributed by atoms with Crippen molar-refractivity contribution in [2.24, 2.45) is 0 Å². The third-order valence-electron chi connectivity index (χ3n) is 5.01. The van der Waals surface area contributed by atoms with E-state index >= 15 is 0 Å². The molecule has 3 heterocycles. The number of hydrogen-bond donors (Lipinski definition) is 0. The molecule has 1 atom stereocenters. The molecule has 128 valence electrons. The van der Waals surface area contributed by atoms with Gasteiger partial charge in [-0.3, -0.25) is 4.98 Å². The highest BCUT2D eigenvalue weighted by molar-refractivity contribution is 5.83. The van der Waals surface area contributed by atoms with E-state index < -0.39 is 0 Å². The lowest BCUT2D eigenvalue weighted by atomic mass is 10.0. The number of imidazole rings is 1. The van der Waals surface area contributed by atoms with Crippen molar-refractivity contribution >= 4 is 11.0 Å². The number of aromatic nitrogens is 3. The Morgan fingerprint density at radius 3 is 2.65 bits per heavy atom. The summed E-state index contributed by atoms with van der Waals surface area (Å²) in [6.07, 6.45) is 1.93. The molecule has 0 radical (unpaired) electrons. The van der Waals surface area contributed by atoms with Crippen LogP contribution in [0.1, 0.15) is 23.1 Å². The smallest absolute Gasteiger partial charge is 0.136 e. The predicted molar refractivity (Wildman–Crippen MR) is 102 cm³/mol. The molecule has 26 heavy (non-hydrogen) atoms. The molecule has 4 nitrogen and oxygen atoms in total. The summed E-state index contributed by atoms with van der Waals surface area (Å²) in [4.78, 5) is 9.23. The molecule has 0 N–H and O–H groups in total. The van der Waals surface area contributed by atoms with Crippen LogP contribution in [0.5, 0.6) is 0 Å². The van der Waals surface area contributed by atoms with E-state index in [4.69, 9.17) is 9.72 Å². The first-order chi connectivity index (χ1) is 12.8. The van der Waals surface area contributed by atoms with Crippen LogP contribution >= 0.6 is 0 Å². The van der Waals surface area contributed by atoms with Gasteiger partial charge in [-0.1, -0.05) is 42.5 Å². The minimum atomic E-state index is 0.149. The molecule has 0 saturated carbocycles. The molecule has 0 spiro atoms. The van der Waals surface area contributed by atoms with Gasteiger partial charge in [0.05, 0.1) is 23.7 Å². The Morgan fingerprint density at radius 1 is 1.00 bits per heavy atom. The standard InChI is InChI=1S/C22H19N3O/c1-15-7-8-18(12-23-15)17-9-10-19-20(11-17)25-21(13-26-14-22(25)24-19)16-5-3-2-4-6-16/h2-12,21H,13-14H2,1H3. The summed E-state index contributed by atoms with van der Waals surface area (Å²) in [5, 5.41) is 0. The number of hydrogen-bond acceptors (Lipinski definition) is 3. The molecular weight excluding hydrogens is 322 g/mol. The summed E-state index contributed by atoms with van der Waals surface area (Å²) in [7, 11) is 0. The summed E-state index contributed by atoms with van der Waals surface area (Å²) < 4.78 is 8.16. The van der Waals surface area contributed by atoms with E-state index in [1.165, 1.54) is 5.56 Å². The highest BCUT2D eigenvalue weighted by atomic mass is 16.5. The zero-order valence-electron chi connectivity index (χ0n) is 14.6. The van der Waals surface area contributed by atoms with Crippen LogP contribution in [-0.4, -0.2) is 21.1 Å². The summed E-state index contributed by atoms with van der Waals surface area (Å²) in [6, 6.07) is 21.3. The highest BCUT2D eigenvalue weighted by Gasteiger charge is 2.25. The van der Waals surface area contributed by atoms with E-state index in [0.717, 1.165) is 33.7 Å². The van der Waals surface area contributed by atoms with Crippen molar-refractivity contribution in [2.75, 3.05) is 6.61 Å². The van der Waals surface area contributed by atoms with Gasteiger partial charge in [-0.25, -0.2) is 4.98 Å². The molecular formula is C22H19N3O. The van der Waals surface area contributed by atoms with Gasteiger partial charge in [0.1, 0.15) is 12.4 Å². The largest absolute Gasteiger partial charge is 0.371 e. The first kappa shape index (κ1) is 15.3. The topological polar surface area (TPSA) is 39.9 Å². The van der Waals surface area contributed by atoms with E-state index in [2.05, 4.69) is 58.1 Å². The molecule has 0 saturated heterocycles. The Labute approximate surface area is 152 Å². The number of rotatable bonds is 2. The number of fused-ring (bicyclic) bond motifs is 3. The summed E-state index contributed by atoms with van der Waals surface area (Å²) in [5.74, 6) is 0.985. The summed E-state index contributed by atoms with van der Waals surface area (Å²) in [6.45, 7) is 3.23.